The molecule has 1 heterocycles. The van der Waals surface area contributed by atoms with Crippen LogP contribution in [0.5, 0.6) is 0 Å². The van der Waals surface area contributed by atoms with Crippen LogP contribution in [0.25, 0.3) is 0 Å². The molecule has 0 radical (unpaired) electrons. The van der Waals surface area contributed by atoms with E-state index in [1.54, 1.807) is 12.1 Å². The minimum absolute atomic E-state index is 0.105. The van der Waals surface area contributed by atoms with Crippen LogP contribution < -0.4 is 5.32 Å². The Kier molecular flexibility index (Phi) is 3.35. The molecular formula is C15H21FN2. The lowest BCUT2D eigenvalue weighted by molar-refractivity contribution is 0.378. The molecule has 2 aliphatic rings. The molecule has 1 fully saturated rings. The average molecular weight is 248 g/mol. The molecule has 2 atom stereocenters. The molecule has 1 aliphatic heterocycles. The fourth-order valence-corrected chi connectivity index (χ4v) is 3.30. The van der Waals surface area contributed by atoms with Crippen LogP contribution in [0.3, 0.4) is 0 Å². The summed E-state index contributed by atoms with van der Waals surface area (Å²) in [4.78, 5) is 2.39. The molecule has 18 heavy (non-hydrogen) atoms. The molecule has 2 unspecified atom stereocenters. The minimum Gasteiger partial charge on any atom is -0.310 e. The lowest BCUT2D eigenvalue weighted by Gasteiger charge is -2.17. The zero-order valence-corrected chi connectivity index (χ0v) is 11.0. The van der Waals surface area contributed by atoms with Gasteiger partial charge >= 0.3 is 0 Å². The SMILES string of the molecule is CN1CCC(CNC2CCc3cc(F)ccc32)C1. The summed E-state index contributed by atoms with van der Waals surface area (Å²) in [6.07, 6.45) is 3.42. The molecular weight excluding hydrogens is 227 g/mol. The Bertz CT molecular complexity index is 433. The van der Waals surface area contributed by atoms with Crippen LogP contribution in [0.2, 0.25) is 0 Å². The molecule has 0 bridgehead atoms. The van der Waals surface area contributed by atoms with Crippen LogP contribution in [0.15, 0.2) is 18.2 Å². The van der Waals surface area contributed by atoms with E-state index in [1.165, 1.54) is 30.6 Å². The van der Waals surface area contributed by atoms with Gasteiger partial charge in [0.25, 0.3) is 0 Å². The molecule has 98 valence electrons. The fraction of sp³-hybridized carbons (Fsp3) is 0.600. The van der Waals surface area contributed by atoms with Gasteiger partial charge in [-0.25, -0.2) is 4.39 Å². The van der Waals surface area contributed by atoms with E-state index >= 15 is 0 Å². The highest BCUT2D eigenvalue weighted by atomic mass is 19.1. The second-order valence-corrected chi connectivity index (χ2v) is 5.76. The molecule has 0 aromatic heterocycles. The normalized spacial score (nSPS) is 27.7. The minimum atomic E-state index is -0.105. The molecule has 0 saturated carbocycles. The van der Waals surface area contributed by atoms with Gasteiger partial charge in [0.2, 0.25) is 0 Å². The van der Waals surface area contributed by atoms with Crippen molar-refractivity contribution in [3.63, 3.8) is 0 Å². The quantitative estimate of drug-likeness (QED) is 0.883. The van der Waals surface area contributed by atoms with Crippen molar-refractivity contribution in [3.05, 3.63) is 35.1 Å². The summed E-state index contributed by atoms with van der Waals surface area (Å²) >= 11 is 0. The summed E-state index contributed by atoms with van der Waals surface area (Å²) in [6, 6.07) is 5.67. The van der Waals surface area contributed by atoms with E-state index < -0.39 is 0 Å². The zero-order valence-electron chi connectivity index (χ0n) is 11.0. The maximum absolute atomic E-state index is 13.1. The average Bonchev–Trinajstić information content (AvgIpc) is 2.92. The second kappa shape index (κ2) is 4.98. The summed E-state index contributed by atoms with van der Waals surface area (Å²) < 4.78 is 13.1. The third-order valence-corrected chi connectivity index (χ3v) is 4.32. The van der Waals surface area contributed by atoms with Crippen LogP contribution in [0.4, 0.5) is 4.39 Å². The van der Waals surface area contributed by atoms with E-state index in [-0.39, 0.29) is 5.82 Å². The number of nitrogens with zero attached hydrogens (tertiary/aromatic N) is 1. The number of halogens is 1. The van der Waals surface area contributed by atoms with E-state index in [1.807, 2.05) is 6.07 Å². The zero-order chi connectivity index (χ0) is 12.5. The molecule has 0 spiro atoms. The summed E-state index contributed by atoms with van der Waals surface area (Å²) in [6.45, 7) is 3.51. The molecule has 0 amide bonds. The lowest BCUT2D eigenvalue weighted by Crippen LogP contribution is -2.27. The Morgan fingerprint density at radius 3 is 3.06 bits per heavy atom. The Hall–Kier alpha value is -0.930. The summed E-state index contributed by atoms with van der Waals surface area (Å²) in [5.74, 6) is 0.673. The Morgan fingerprint density at radius 2 is 2.28 bits per heavy atom. The third kappa shape index (κ3) is 2.43. The predicted molar refractivity (Wildman–Crippen MR) is 71.1 cm³/mol. The number of hydrogen-bond donors (Lipinski definition) is 1. The number of hydrogen-bond acceptors (Lipinski definition) is 2. The van der Waals surface area contributed by atoms with Crippen LogP contribution in [0.1, 0.15) is 30.0 Å². The highest BCUT2D eigenvalue weighted by Gasteiger charge is 2.25. The monoisotopic (exact) mass is 248 g/mol. The van der Waals surface area contributed by atoms with Crippen LogP contribution >= 0.6 is 0 Å². The molecule has 1 aromatic carbocycles. The molecule has 3 heteroatoms. The largest absolute Gasteiger partial charge is 0.310 e. The van der Waals surface area contributed by atoms with Gasteiger partial charge in [-0.05, 0) is 68.6 Å². The molecule has 3 rings (SSSR count). The van der Waals surface area contributed by atoms with Gasteiger partial charge in [0.15, 0.2) is 0 Å². The van der Waals surface area contributed by atoms with Gasteiger partial charge in [-0.15, -0.1) is 0 Å². The first kappa shape index (κ1) is 12.1. The van der Waals surface area contributed by atoms with Gasteiger partial charge in [0, 0.05) is 12.6 Å². The van der Waals surface area contributed by atoms with Crippen LogP contribution in [0, 0.1) is 11.7 Å². The van der Waals surface area contributed by atoms with E-state index in [0.717, 1.165) is 25.3 Å². The lowest BCUT2D eigenvalue weighted by atomic mass is 10.1. The van der Waals surface area contributed by atoms with Gasteiger partial charge in [-0.1, -0.05) is 6.07 Å². The maximum Gasteiger partial charge on any atom is 0.123 e. The van der Waals surface area contributed by atoms with Crippen molar-refractivity contribution in [3.8, 4) is 0 Å². The van der Waals surface area contributed by atoms with Crippen LogP contribution in [-0.4, -0.2) is 31.6 Å². The number of likely N-dealkylation sites (tertiary alicyclic amines) is 1. The van der Waals surface area contributed by atoms with Gasteiger partial charge in [-0.3, -0.25) is 0 Å². The van der Waals surface area contributed by atoms with Crippen molar-refractivity contribution in [2.45, 2.75) is 25.3 Å². The second-order valence-electron chi connectivity index (χ2n) is 5.76. The Labute approximate surface area is 108 Å². The van der Waals surface area contributed by atoms with Gasteiger partial charge in [0.1, 0.15) is 5.82 Å². The molecule has 1 aromatic rings. The van der Waals surface area contributed by atoms with E-state index in [4.69, 9.17) is 0 Å². The van der Waals surface area contributed by atoms with Crippen LogP contribution in [-0.2, 0) is 6.42 Å². The van der Waals surface area contributed by atoms with E-state index in [9.17, 15) is 4.39 Å². The van der Waals surface area contributed by atoms with E-state index in [0.29, 0.717) is 6.04 Å². The predicted octanol–water partition coefficient (Wildman–Crippen LogP) is 2.35. The summed E-state index contributed by atoms with van der Waals surface area (Å²) in [7, 11) is 2.19. The molecule has 1 aliphatic carbocycles. The third-order valence-electron chi connectivity index (χ3n) is 4.32. The maximum atomic E-state index is 13.1. The first-order valence-electron chi connectivity index (χ1n) is 6.92. The molecule has 1 saturated heterocycles. The fourth-order valence-electron chi connectivity index (χ4n) is 3.30. The molecule has 1 N–H and O–H groups in total. The smallest absolute Gasteiger partial charge is 0.123 e. The number of benzene rings is 1. The van der Waals surface area contributed by atoms with Crippen molar-refractivity contribution in [1.82, 2.24) is 10.2 Å². The van der Waals surface area contributed by atoms with Gasteiger partial charge in [-0.2, -0.15) is 0 Å². The van der Waals surface area contributed by atoms with Crippen molar-refractivity contribution in [2.24, 2.45) is 5.92 Å². The van der Waals surface area contributed by atoms with E-state index in [2.05, 4.69) is 17.3 Å². The summed E-state index contributed by atoms with van der Waals surface area (Å²) in [5.41, 5.74) is 2.50. The highest BCUT2D eigenvalue weighted by molar-refractivity contribution is 5.34. The number of fused-ring (bicyclic) bond motifs is 1. The van der Waals surface area contributed by atoms with Gasteiger partial charge < -0.3 is 10.2 Å². The number of rotatable bonds is 3. The van der Waals surface area contributed by atoms with Crippen molar-refractivity contribution in [2.75, 3.05) is 26.7 Å². The van der Waals surface area contributed by atoms with Crippen molar-refractivity contribution >= 4 is 0 Å². The topological polar surface area (TPSA) is 15.3 Å². The standard InChI is InChI=1S/C15H21FN2/c1-18-7-6-11(10-18)9-17-15-5-2-12-8-13(16)3-4-14(12)15/h3-4,8,11,15,17H,2,5-7,9-10H2,1H3. The number of aryl methyl sites for hydroxylation is 1. The number of nitrogens with one attached hydrogen (secondary N) is 1. The highest BCUT2D eigenvalue weighted by Crippen LogP contribution is 2.31. The first-order chi connectivity index (χ1) is 8.72. The summed E-state index contributed by atoms with van der Waals surface area (Å²) in [5, 5.41) is 3.67. The van der Waals surface area contributed by atoms with Gasteiger partial charge in [0.05, 0.1) is 0 Å². The Morgan fingerprint density at radius 1 is 1.39 bits per heavy atom. The Balaban J connectivity index is 1.59. The molecule has 2 nitrogen and oxygen atoms in total. The first-order valence-corrected chi connectivity index (χ1v) is 6.92. The van der Waals surface area contributed by atoms with Crippen molar-refractivity contribution in [1.29, 1.82) is 0 Å². The van der Waals surface area contributed by atoms with Crippen molar-refractivity contribution < 1.29 is 4.39 Å².